The first-order valence-corrected chi connectivity index (χ1v) is 11.1. The van der Waals surface area contributed by atoms with Crippen molar-refractivity contribution in [3.8, 4) is 0 Å². The molecule has 0 radical (unpaired) electrons. The second-order valence-corrected chi connectivity index (χ2v) is 8.46. The van der Waals surface area contributed by atoms with Gasteiger partial charge in [0.2, 0.25) is 0 Å². The fourth-order valence-electron chi connectivity index (χ4n) is 4.71. The number of piperazine rings is 1. The lowest BCUT2D eigenvalue weighted by Crippen LogP contribution is -2.49. The summed E-state index contributed by atoms with van der Waals surface area (Å²) in [6.07, 6.45) is 5.15. The first kappa shape index (κ1) is 20.1. The van der Waals surface area contributed by atoms with E-state index in [9.17, 15) is 4.79 Å². The predicted octanol–water partition coefficient (Wildman–Crippen LogP) is 3.81. The number of amides is 1. The van der Waals surface area contributed by atoms with E-state index in [2.05, 4.69) is 39.4 Å². The molecule has 1 unspecified atom stereocenters. The smallest absolute Gasteiger partial charge is 0.251 e. The number of rotatable bonds is 5. The van der Waals surface area contributed by atoms with Crippen LogP contribution in [-0.4, -0.2) is 55.0 Å². The molecule has 0 saturated carbocycles. The molecule has 2 aliphatic rings. The van der Waals surface area contributed by atoms with E-state index in [1.54, 1.807) is 11.1 Å². The summed E-state index contributed by atoms with van der Waals surface area (Å²) in [5, 5.41) is 3.07. The molecule has 0 aromatic heterocycles. The van der Waals surface area contributed by atoms with E-state index in [-0.39, 0.29) is 5.91 Å². The fourth-order valence-corrected chi connectivity index (χ4v) is 4.71. The van der Waals surface area contributed by atoms with Crippen molar-refractivity contribution in [2.75, 3.05) is 39.3 Å². The van der Waals surface area contributed by atoms with Crippen molar-refractivity contribution in [3.63, 3.8) is 0 Å². The Kier molecular flexibility index (Phi) is 6.63. The first-order chi connectivity index (χ1) is 14.2. The third-order valence-electron chi connectivity index (χ3n) is 6.46. The fraction of sp³-hybridized carbons (Fsp3) is 0.480. The Morgan fingerprint density at radius 1 is 1.00 bits per heavy atom. The number of fused-ring (bicyclic) bond motifs is 1. The molecule has 4 heteroatoms. The Hall–Kier alpha value is -2.17. The van der Waals surface area contributed by atoms with Gasteiger partial charge >= 0.3 is 0 Å². The summed E-state index contributed by atoms with van der Waals surface area (Å²) in [7, 11) is 0. The van der Waals surface area contributed by atoms with E-state index in [4.69, 9.17) is 0 Å². The van der Waals surface area contributed by atoms with E-state index in [1.807, 2.05) is 31.2 Å². The van der Waals surface area contributed by atoms with Crippen molar-refractivity contribution in [1.82, 2.24) is 15.1 Å². The highest BCUT2D eigenvalue weighted by molar-refractivity contribution is 5.94. The zero-order chi connectivity index (χ0) is 20.1. The van der Waals surface area contributed by atoms with Crippen molar-refractivity contribution in [1.29, 1.82) is 0 Å². The zero-order valence-corrected chi connectivity index (χ0v) is 17.6. The topological polar surface area (TPSA) is 35.6 Å². The number of carbonyl (C=O) groups is 1. The third kappa shape index (κ3) is 5.06. The Morgan fingerprint density at radius 2 is 1.76 bits per heavy atom. The van der Waals surface area contributed by atoms with Crippen LogP contribution in [0, 0.1) is 6.92 Å². The molecule has 1 atom stereocenters. The standard InChI is InChI=1S/C25H33N3O/c1-20-10-12-22(13-11-20)25(29)26-14-15-27-16-18-28(19-17-27)24-9-5-3-7-21-6-2-4-8-23(21)24/h2,4,6,8,10-13,24H,3,5,7,9,14-19H2,1H3,(H,26,29). The number of hydrogen-bond acceptors (Lipinski definition) is 3. The van der Waals surface area contributed by atoms with E-state index < -0.39 is 0 Å². The van der Waals surface area contributed by atoms with Crippen LogP contribution >= 0.6 is 0 Å². The maximum Gasteiger partial charge on any atom is 0.251 e. The molecule has 1 N–H and O–H groups in total. The molecule has 1 heterocycles. The van der Waals surface area contributed by atoms with Crippen LogP contribution in [0.25, 0.3) is 0 Å². The van der Waals surface area contributed by atoms with Crippen LogP contribution < -0.4 is 5.32 Å². The number of nitrogens with one attached hydrogen (secondary N) is 1. The lowest BCUT2D eigenvalue weighted by atomic mass is 9.97. The normalized spacial score (nSPS) is 20.7. The molecular formula is C25H33N3O. The number of aryl methyl sites for hydroxylation is 2. The van der Waals surface area contributed by atoms with E-state index >= 15 is 0 Å². The third-order valence-corrected chi connectivity index (χ3v) is 6.46. The van der Waals surface area contributed by atoms with Gasteiger partial charge in [-0.25, -0.2) is 0 Å². The average molecular weight is 392 g/mol. The monoisotopic (exact) mass is 391 g/mol. The van der Waals surface area contributed by atoms with Crippen molar-refractivity contribution >= 4 is 5.91 Å². The maximum atomic E-state index is 12.3. The minimum Gasteiger partial charge on any atom is -0.351 e. The van der Waals surface area contributed by atoms with Crippen LogP contribution in [-0.2, 0) is 6.42 Å². The van der Waals surface area contributed by atoms with Crippen LogP contribution in [0.2, 0.25) is 0 Å². The van der Waals surface area contributed by atoms with E-state index in [0.717, 1.165) is 38.3 Å². The maximum absolute atomic E-state index is 12.3. The Balaban J connectivity index is 1.25. The summed E-state index contributed by atoms with van der Waals surface area (Å²) in [5.74, 6) is 0.0266. The Bertz CT molecular complexity index is 809. The lowest BCUT2D eigenvalue weighted by Gasteiger charge is -2.39. The second-order valence-electron chi connectivity index (χ2n) is 8.46. The van der Waals surface area contributed by atoms with Crippen LogP contribution in [0.5, 0.6) is 0 Å². The Labute approximate surface area is 174 Å². The predicted molar refractivity (Wildman–Crippen MR) is 118 cm³/mol. The molecule has 154 valence electrons. The van der Waals surface area contributed by atoms with Gasteiger partial charge in [-0.2, -0.15) is 0 Å². The molecule has 0 spiro atoms. The van der Waals surface area contributed by atoms with Gasteiger partial charge in [0.15, 0.2) is 0 Å². The zero-order valence-electron chi connectivity index (χ0n) is 17.6. The summed E-state index contributed by atoms with van der Waals surface area (Å²) in [5.41, 5.74) is 5.03. The van der Waals surface area contributed by atoms with Gasteiger partial charge in [0, 0.05) is 50.9 Å². The molecule has 1 saturated heterocycles. The van der Waals surface area contributed by atoms with Crippen LogP contribution in [0.3, 0.4) is 0 Å². The van der Waals surface area contributed by atoms with Gasteiger partial charge in [-0.05, 0) is 49.4 Å². The molecule has 4 nitrogen and oxygen atoms in total. The Morgan fingerprint density at radius 3 is 2.55 bits per heavy atom. The molecule has 1 aliphatic carbocycles. The van der Waals surface area contributed by atoms with Crippen LogP contribution in [0.4, 0.5) is 0 Å². The van der Waals surface area contributed by atoms with Crippen molar-refractivity contribution in [2.24, 2.45) is 0 Å². The summed E-state index contributed by atoms with van der Waals surface area (Å²) in [6, 6.07) is 17.4. The first-order valence-electron chi connectivity index (χ1n) is 11.1. The number of carbonyl (C=O) groups excluding carboxylic acids is 1. The highest BCUT2D eigenvalue weighted by atomic mass is 16.1. The number of hydrogen-bond donors (Lipinski definition) is 1. The second kappa shape index (κ2) is 9.55. The van der Waals surface area contributed by atoms with Crippen molar-refractivity contribution < 1.29 is 4.79 Å². The molecule has 2 aromatic rings. The van der Waals surface area contributed by atoms with Gasteiger partial charge in [-0.1, -0.05) is 48.4 Å². The van der Waals surface area contributed by atoms with Gasteiger partial charge in [-0.3, -0.25) is 14.6 Å². The summed E-state index contributed by atoms with van der Waals surface area (Å²) in [4.78, 5) is 17.4. The minimum absolute atomic E-state index is 0.0266. The lowest BCUT2D eigenvalue weighted by molar-refractivity contribution is 0.0867. The largest absolute Gasteiger partial charge is 0.351 e. The molecule has 0 bridgehead atoms. The SMILES string of the molecule is Cc1ccc(C(=O)NCCN2CCN(C3CCCCc4ccccc43)CC2)cc1. The highest BCUT2D eigenvalue weighted by Gasteiger charge is 2.27. The van der Waals surface area contributed by atoms with E-state index in [0.29, 0.717) is 12.6 Å². The van der Waals surface area contributed by atoms with Gasteiger partial charge in [-0.15, -0.1) is 0 Å². The number of benzene rings is 2. The van der Waals surface area contributed by atoms with Crippen LogP contribution in [0.15, 0.2) is 48.5 Å². The quantitative estimate of drug-likeness (QED) is 0.788. The van der Waals surface area contributed by atoms with Crippen LogP contribution in [0.1, 0.15) is 52.4 Å². The van der Waals surface area contributed by atoms with Gasteiger partial charge < -0.3 is 5.32 Å². The molecule has 1 amide bonds. The number of nitrogens with zero attached hydrogens (tertiary/aromatic N) is 2. The van der Waals surface area contributed by atoms with Crippen molar-refractivity contribution in [3.05, 3.63) is 70.8 Å². The van der Waals surface area contributed by atoms with Gasteiger partial charge in [0.25, 0.3) is 5.91 Å². The molecule has 29 heavy (non-hydrogen) atoms. The molecule has 4 rings (SSSR count). The van der Waals surface area contributed by atoms with Gasteiger partial charge in [0.1, 0.15) is 0 Å². The molecule has 2 aromatic carbocycles. The minimum atomic E-state index is 0.0266. The summed E-state index contributed by atoms with van der Waals surface area (Å²) >= 11 is 0. The molecular weight excluding hydrogens is 358 g/mol. The highest BCUT2D eigenvalue weighted by Crippen LogP contribution is 2.33. The van der Waals surface area contributed by atoms with E-state index in [1.165, 1.54) is 31.2 Å². The van der Waals surface area contributed by atoms with Crippen molar-refractivity contribution in [2.45, 2.75) is 38.6 Å². The summed E-state index contributed by atoms with van der Waals surface area (Å²) < 4.78 is 0. The molecule has 1 aliphatic heterocycles. The molecule has 1 fully saturated rings. The summed E-state index contributed by atoms with van der Waals surface area (Å²) in [6.45, 7) is 8.06. The van der Waals surface area contributed by atoms with Gasteiger partial charge in [0.05, 0.1) is 0 Å². The average Bonchev–Trinajstić information content (AvgIpc) is 2.97.